The average molecular weight is 287 g/mol. The number of aromatic hydroxyl groups is 1. The van der Waals surface area contributed by atoms with E-state index < -0.39 is 0 Å². The molecule has 0 aliphatic rings. The third kappa shape index (κ3) is 3.41. The predicted octanol–water partition coefficient (Wildman–Crippen LogP) is 3.75. The minimum atomic E-state index is 0.127. The lowest BCUT2D eigenvalue weighted by Gasteiger charge is -2.22. The van der Waals surface area contributed by atoms with Crippen molar-refractivity contribution >= 4 is 15.9 Å². The zero-order chi connectivity index (χ0) is 12.2. The Morgan fingerprint density at radius 2 is 2.06 bits per heavy atom. The maximum absolute atomic E-state index is 10.0. The molecule has 90 valence electrons. The van der Waals surface area contributed by atoms with Crippen molar-refractivity contribution in [2.45, 2.75) is 27.2 Å². The van der Waals surface area contributed by atoms with Gasteiger partial charge in [0.2, 0.25) is 0 Å². The first-order valence-electron chi connectivity index (χ1n) is 5.50. The molecule has 0 atom stereocenters. The van der Waals surface area contributed by atoms with E-state index in [2.05, 4.69) is 29.8 Å². The summed E-state index contributed by atoms with van der Waals surface area (Å²) in [6, 6.07) is 5.66. The molecule has 0 bridgehead atoms. The van der Waals surface area contributed by atoms with Crippen molar-refractivity contribution in [2.24, 2.45) is 5.41 Å². The van der Waals surface area contributed by atoms with Crippen LogP contribution in [-0.4, -0.2) is 17.0 Å². The summed E-state index contributed by atoms with van der Waals surface area (Å²) in [4.78, 5) is 0. The summed E-state index contributed by atoms with van der Waals surface area (Å²) < 4.78 is 5.36. The largest absolute Gasteiger partial charge is 0.504 e. The van der Waals surface area contributed by atoms with E-state index in [1.165, 1.54) is 0 Å². The maximum atomic E-state index is 10.0. The highest BCUT2D eigenvalue weighted by Gasteiger charge is 2.19. The van der Waals surface area contributed by atoms with Crippen molar-refractivity contribution in [2.75, 3.05) is 11.9 Å². The molecule has 0 saturated heterocycles. The van der Waals surface area contributed by atoms with Crippen LogP contribution in [0.5, 0.6) is 11.5 Å². The zero-order valence-corrected chi connectivity index (χ0v) is 11.7. The van der Waals surface area contributed by atoms with E-state index in [4.69, 9.17) is 4.74 Å². The van der Waals surface area contributed by atoms with Crippen LogP contribution in [0.1, 0.15) is 26.3 Å². The van der Waals surface area contributed by atoms with Gasteiger partial charge in [-0.05, 0) is 30.4 Å². The van der Waals surface area contributed by atoms with Crippen LogP contribution in [-0.2, 0) is 6.42 Å². The van der Waals surface area contributed by atoms with Crippen LogP contribution in [0.2, 0.25) is 0 Å². The summed E-state index contributed by atoms with van der Waals surface area (Å²) in [6.45, 7) is 6.80. The standard InChI is InChI=1S/C13H19BrO2/c1-4-16-11-7-5-6-10(12(11)15)8-13(2,3)9-14/h5-7,15H,4,8-9H2,1-3H3. The lowest BCUT2D eigenvalue weighted by molar-refractivity contribution is 0.314. The van der Waals surface area contributed by atoms with Gasteiger partial charge in [-0.25, -0.2) is 0 Å². The van der Waals surface area contributed by atoms with Crippen LogP contribution in [0, 0.1) is 5.41 Å². The molecular formula is C13H19BrO2. The van der Waals surface area contributed by atoms with Crippen LogP contribution in [0.25, 0.3) is 0 Å². The second-order valence-corrected chi connectivity index (χ2v) is 5.23. The fraction of sp³-hybridized carbons (Fsp3) is 0.538. The second-order valence-electron chi connectivity index (χ2n) is 4.67. The van der Waals surface area contributed by atoms with Crippen molar-refractivity contribution in [3.8, 4) is 11.5 Å². The first kappa shape index (κ1) is 13.4. The third-order valence-corrected chi connectivity index (χ3v) is 3.93. The van der Waals surface area contributed by atoms with Gasteiger partial charge in [0.15, 0.2) is 11.5 Å². The molecule has 0 radical (unpaired) electrons. The molecule has 1 N–H and O–H groups in total. The van der Waals surface area contributed by atoms with Crippen LogP contribution in [0.15, 0.2) is 18.2 Å². The van der Waals surface area contributed by atoms with Crippen molar-refractivity contribution < 1.29 is 9.84 Å². The van der Waals surface area contributed by atoms with Crippen molar-refractivity contribution in [1.29, 1.82) is 0 Å². The van der Waals surface area contributed by atoms with E-state index in [9.17, 15) is 5.11 Å². The van der Waals surface area contributed by atoms with Gasteiger partial charge in [0.1, 0.15) is 0 Å². The van der Waals surface area contributed by atoms with Gasteiger partial charge in [0.05, 0.1) is 6.61 Å². The topological polar surface area (TPSA) is 29.5 Å². The van der Waals surface area contributed by atoms with E-state index in [1.54, 1.807) is 6.07 Å². The van der Waals surface area contributed by atoms with Gasteiger partial charge >= 0.3 is 0 Å². The van der Waals surface area contributed by atoms with Gasteiger partial charge in [-0.1, -0.05) is 41.9 Å². The smallest absolute Gasteiger partial charge is 0.161 e. The molecule has 0 heterocycles. The molecule has 1 rings (SSSR count). The highest BCUT2D eigenvalue weighted by Crippen LogP contribution is 2.34. The number of hydrogen-bond donors (Lipinski definition) is 1. The highest BCUT2D eigenvalue weighted by atomic mass is 79.9. The number of halogens is 1. The maximum Gasteiger partial charge on any atom is 0.161 e. The van der Waals surface area contributed by atoms with Gasteiger partial charge in [-0.2, -0.15) is 0 Å². The van der Waals surface area contributed by atoms with Crippen LogP contribution in [0.3, 0.4) is 0 Å². The van der Waals surface area contributed by atoms with Gasteiger partial charge in [-0.3, -0.25) is 0 Å². The number of phenolic OH excluding ortho intramolecular Hbond substituents is 1. The Labute approximate surface area is 106 Å². The Kier molecular flexibility index (Phi) is 4.66. The summed E-state index contributed by atoms with van der Waals surface area (Å²) in [7, 11) is 0. The van der Waals surface area contributed by atoms with E-state index >= 15 is 0 Å². The second kappa shape index (κ2) is 5.58. The molecule has 16 heavy (non-hydrogen) atoms. The van der Waals surface area contributed by atoms with Gasteiger partial charge < -0.3 is 9.84 Å². The molecule has 1 aromatic rings. The Hall–Kier alpha value is -0.700. The molecule has 1 aromatic carbocycles. The number of para-hydroxylation sites is 1. The van der Waals surface area contributed by atoms with Crippen molar-refractivity contribution in [1.82, 2.24) is 0 Å². The molecule has 0 spiro atoms. The third-order valence-electron chi connectivity index (χ3n) is 2.41. The molecule has 0 amide bonds. The average Bonchev–Trinajstić information content (AvgIpc) is 2.24. The SMILES string of the molecule is CCOc1cccc(CC(C)(C)CBr)c1O. The van der Waals surface area contributed by atoms with Gasteiger partial charge in [0, 0.05) is 5.33 Å². The number of rotatable bonds is 5. The van der Waals surface area contributed by atoms with Crippen LogP contribution >= 0.6 is 15.9 Å². The van der Waals surface area contributed by atoms with E-state index in [-0.39, 0.29) is 11.2 Å². The molecule has 0 aliphatic heterocycles. The lowest BCUT2D eigenvalue weighted by Crippen LogP contribution is -2.16. The van der Waals surface area contributed by atoms with E-state index in [0.29, 0.717) is 12.4 Å². The Morgan fingerprint density at radius 3 is 2.62 bits per heavy atom. The Balaban J connectivity index is 2.93. The molecule has 0 aromatic heterocycles. The van der Waals surface area contributed by atoms with Gasteiger partial charge in [0.25, 0.3) is 0 Å². The number of phenols is 1. The Morgan fingerprint density at radius 1 is 1.38 bits per heavy atom. The number of hydrogen-bond acceptors (Lipinski definition) is 2. The molecule has 0 saturated carbocycles. The first-order chi connectivity index (χ1) is 7.50. The highest BCUT2D eigenvalue weighted by molar-refractivity contribution is 9.09. The van der Waals surface area contributed by atoms with Crippen molar-refractivity contribution in [3.63, 3.8) is 0 Å². The summed E-state index contributed by atoms with van der Waals surface area (Å²) in [5.74, 6) is 0.851. The first-order valence-corrected chi connectivity index (χ1v) is 6.62. The minimum Gasteiger partial charge on any atom is -0.504 e. The van der Waals surface area contributed by atoms with E-state index in [1.807, 2.05) is 19.1 Å². The quantitative estimate of drug-likeness (QED) is 0.836. The fourth-order valence-electron chi connectivity index (χ4n) is 1.55. The van der Waals surface area contributed by atoms with Crippen LogP contribution in [0.4, 0.5) is 0 Å². The summed E-state index contributed by atoms with van der Waals surface area (Å²) in [5, 5.41) is 10.9. The molecular weight excluding hydrogens is 268 g/mol. The number of alkyl halides is 1. The number of benzene rings is 1. The summed E-state index contributed by atoms with van der Waals surface area (Å²) in [6.07, 6.45) is 0.824. The van der Waals surface area contributed by atoms with Crippen molar-refractivity contribution in [3.05, 3.63) is 23.8 Å². The molecule has 2 nitrogen and oxygen atoms in total. The van der Waals surface area contributed by atoms with Gasteiger partial charge in [-0.15, -0.1) is 0 Å². The summed E-state index contributed by atoms with van der Waals surface area (Å²) in [5.41, 5.74) is 1.07. The molecule has 3 heteroatoms. The summed E-state index contributed by atoms with van der Waals surface area (Å²) >= 11 is 3.49. The predicted molar refractivity (Wildman–Crippen MR) is 70.6 cm³/mol. The molecule has 0 fully saturated rings. The number of ether oxygens (including phenoxy) is 1. The molecule has 0 aliphatic carbocycles. The molecule has 0 unspecified atom stereocenters. The normalized spacial score (nSPS) is 11.5. The lowest BCUT2D eigenvalue weighted by atomic mass is 9.87. The monoisotopic (exact) mass is 286 g/mol. The zero-order valence-electron chi connectivity index (χ0n) is 10.1. The van der Waals surface area contributed by atoms with E-state index in [0.717, 1.165) is 17.3 Å². The minimum absolute atomic E-state index is 0.127. The van der Waals surface area contributed by atoms with Crippen LogP contribution < -0.4 is 4.74 Å². The fourth-order valence-corrected chi connectivity index (χ4v) is 1.74. The Bertz CT molecular complexity index is 348.